The van der Waals surface area contributed by atoms with Crippen LogP contribution in [0.4, 0.5) is 11.4 Å². The number of aliphatic imine (C=N–C) groups is 1. The largest absolute Gasteiger partial charge is 0.377 e. The molecule has 0 aliphatic carbocycles. The number of fused-ring (bicyclic) bond motifs is 1. The highest BCUT2D eigenvalue weighted by atomic mass is 127. The van der Waals surface area contributed by atoms with Gasteiger partial charge in [0, 0.05) is 0 Å². The van der Waals surface area contributed by atoms with Gasteiger partial charge in [-0.05, 0) is 47.2 Å². The second-order valence-electron chi connectivity index (χ2n) is 2.86. The first-order valence-corrected chi connectivity index (χ1v) is 4.91. The second-order valence-corrected chi connectivity index (χ2v) is 4.11. The van der Waals surface area contributed by atoms with Crippen molar-refractivity contribution in [2.75, 3.05) is 11.9 Å². The summed E-state index contributed by atoms with van der Waals surface area (Å²) >= 11 is 2.25. The molecule has 1 aromatic rings. The number of hydrogen-bond donors (Lipinski definition) is 1. The van der Waals surface area contributed by atoms with Crippen molar-refractivity contribution in [2.24, 2.45) is 4.99 Å². The maximum absolute atomic E-state index is 4.45. The Hall–Kier alpha value is -0.580. The minimum atomic E-state index is 0.858. The zero-order valence-corrected chi connectivity index (χ0v) is 8.92. The predicted octanol–water partition coefficient (Wildman–Crippen LogP) is 2.89. The van der Waals surface area contributed by atoms with Crippen LogP contribution in [0.2, 0.25) is 0 Å². The molecule has 1 aliphatic heterocycles. The van der Waals surface area contributed by atoms with Crippen LogP contribution in [0.25, 0.3) is 0 Å². The number of nitrogens with zero attached hydrogens (tertiary/aromatic N) is 1. The zero-order chi connectivity index (χ0) is 8.55. The van der Waals surface area contributed by atoms with Gasteiger partial charge in [0.2, 0.25) is 0 Å². The van der Waals surface area contributed by atoms with Crippen LogP contribution >= 0.6 is 22.6 Å². The zero-order valence-electron chi connectivity index (χ0n) is 6.76. The molecule has 0 aromatic heterocycles. The normalized spacial score (nSPS) is 14.7. The Labute approximate surface area is 85.2 Å². The number of halogens is 1. The van der Waals surface area contributed by atoms with E-state index in [1.807, 2.05) is 0 Å². The molecule has 0 bridgehead atoms. The molecule has 1 aliphatic rings. The Morgan fingerprint density at radius 2 is 2.33 bits per heavy atom. The Kier molecular flexibility index (Phi) is 2.04. The van der Waals surface area contributed by atoms with Crippen LogP contribution < -0.4 is 5.32 Å². The highest BCUT2D eigenvalue weighted by molar-refractivity contribution is 14.1. The van der Waals surface area contributed by atoms with Gasteiger partial charge in [0.1, 0.15) is 0 Å². The third-order valence-electron chi connectivity index (χ3n) is 1.82. The van der Waals surface area contributed by atoms with Crippen LogP contribution in [-0.2, 0) is 0 Å². The molecule has 1 aromatic carbocycles. The predicted molar refractivity (Wildman–Crippen MR) is 60.8 cm³/mol. The van der Waals surface area contributed by atoms with E-state index in [2.05, 4.69) is 58.0 Å². The number of nitrogens with one attached hydrogen (secondary N) is 1. The topological polar surface area (TPSA) is 24.4 Å². The fourth-order valence-electron chi connectivity index (χ4n) is 1.22. The van der Waals surface area contributed by atoms with E-state index in [1.54, 1.807) is 0 Å². The molecule has 0 saturated carbocycles. The molecule has 0 atom stereocenters. The fourth-order valence-corrected chi connectivity index (χ4v) is 1.67. The quantitative estimate of drug-likeness (QED) is 0.721. The van der Waals surface area contributed by atoms with E-state index >= 15 is 0 Å². The lowest BCUT2D eigenvalue weighted by molar-refractivity contribution is 1.31. The molecule has 3 heteroatoms. The standard InChI is InChI=1S/C9H9IN2/c1-6-2-3-7-8(4-6)12-9(10)5-11-7/h2-4,11H,5H2,1H3. The lowest BCUT2D eigenvalue weighted by atomic mass is 10.2. The van der Waals surface area contributed by atoms with Crippen LogP contribution in [0.3, 0.4) is 0 Å². The molecule has 0 fully saturated rings. The summed E-state index contributed by atoms with van der Waals surface area (Å²) in [4.78, 5) is 4.45. The molecular formula is C9H9IN2. The molecule has 0 radical (unpaired) electrons. The van der Waals surface area contributed by atoms with Crippen molar-refractivity contribution in [2.45, 2.75) is 6.92 Å². The maximum atomic E-state index is 4.45. The van der Waals surface area contributed by atoms with Crippen LogP contribution in [0.15, 0.2) is 23.2 Å². The van der Waals surface area contributed by atoms with Crippen molar-refractivity contribution in [3.8, 4) is 0 Å². The molecule has 62 valence electrons. The first kappa shape index (κ1) is 8.04. The summed E-state index contributed by atoms with van der Waals surface area (Å²) in [5, 5.41) is 3.30. The molecule has 1 heterocycles. The molecule has 0 unspecified atom stereocenters. The summed E-state index contributed by atoms with van der Waals surface area (Å²) < 4.78 is 1.12. The first-order valence-electron chi connectivity index (χ1n) is 3.83. The van der Waals surface area contributed by atoms with Gasteiger partial charge in [0.15, 0.2) is 0 Å². The Morgan fingerprint density at radius 1 is 1.50 bits per heavy atom. The Morgan fingerprint density at radius 3 is 3.17 bits per heavy atom. The fraction of sp³-hybridized carbons (Fsp3) is 0.222. The van der Waals surface area contributed by atoms with Gasteiger partial charge in [-0.2, -0.15) is 0 Å². The van der Waals surface area contributed by atoms with E-state index in [0.717, 1.165) is 21.6 Å². The molecule has 0 saturated heterocycles. The highest BCUT2D eigenvalue weighted by Crippen LogP contribution is 2.29. The summed E-state index contributed by atoms with van der Waals surface area (Å²) in [6, 6.07) is 6.27. The number of aryl methyl sites for hydroxylation is 1. The van der Waals surface area contributed by atoms with Gasteiger partial charge in [-0.25, -0.2) is 4.99 Å². The van der Waals surface area contributed by atoms with Gasteiger partial charge >= 0.3 is 0 Å². The van der Waals surface area contributed by atoms with Crippen LogP contribution in [-0.4, -0.2) is 10.3 Å². The van der Waals surface area contributed by atoms with Crippen molar-refractivity contribution >= 4 is 37.7 Å². The first-order chi connectivity index (χ1) is 5.75. The lowest BCUT2D eigenvalue weighted by Gasteiger charge is -2.14. The van der Waals surface area contributed by atoms with Crippen molar-refractivity contribution in [3.05, 3.63) is 23.8 Å². The molecule has 2 nitrogen and oxygen atoms in total. The molecule has 0 spiro atoms. The minimum absolute atomic E-state index is 0.858. The van der Waals surface area contributed by atoms with Crippen LogP contribution in [0, 0.1) is 6.92 Å². The van der Waals surface area contributed by atoms with Crippen molar-refractivity contribution in [1.82, 2.24) is 0 Å². The third-order valence-corrected chi connectivity index (χ3v) is 2.44. The average Bonchev–Trinajstić information content (AvgIpc) is 2.03. The minimum Gasteiger partial charge on any atom is -0.377 e. The number of hydrogen-bond acceptors (Lipinski definition) is 2. The number of benzene rings is 1. The maximum Gasteiger partial charge on any atom is 0.0982 e. The van der Waals surface area contributed by atoms with Gasteiger partial charge < -0.3 is 5.32 Å². The van der Waals surface area contributed by atoms with Crippen molar-refractivity contribution < 1.29 is 0 Å². The van der Waals surface area contributed by atoms with Gasteiger partial charge in [-0.15, -0.1) is 0 Å². The van der Waals surface area contributed by atoms with Gasteiger partial charge in [0.05, 0.1) is 21.6 Å². The molecule has 0 amide bonds. The smallest absolute Gasteiger partial charge is 0.0982 e. The van der Waals surface area contributed by atoms with E-state index in [4.69, 9.17) is 0 Å². The monoisotopic (exact) mass is 272 g/mol. The van der Waals surface area contributed by atoms with Crippen LogP contribution in [0.5, 0.6) is 0 Å². The van der Waals surface area contributed by atoms with Crippen LogP contribution in [0.1, 0.15) is 5.56 Å². The van der Waals surface area contributed by atoms with Gasteiger partial charge in [0.25, 0.3) is 0 Å². The van der Waals surface area contributed by atoms with E-state index in [9.17, 15) is 0 Å². The third kappa shape index (κ3) is 1.46. The summed E-state index contributed by atoms with van der Waals surface area (Å²) in [6.45, 7) is 2.94. The second kappa shape index (κ2) is 3.05. The van der Waals surface area contributed by atoms with E-state index in [1.165, 1.54) is 5.56 Å². The molecular weight excluding hydrogens is 263 g/mol. The number of rotatable bonds is 0. The number of anilines is 1. The lowest BCUT2D eigenvalue weighted by Crippen LogP contribution is -2.11. The van der Waals surface area contributed by atoms with Crippen molar-refractivity contribution in [3.63, 3.8) is 0 Å². The summed E-state index contributed by atoms with van der Waals surface area (Å²) in [7, 11) is 0. The van der Waals surface area contributed by atoms with E-state index < -0.39 is 0 Å². The van der Waals surface area contributed by atoms with E-state index in [-0.39, 0.29) is 0 Å². The average molecular weight is 272 g/mol. The highest BCUT2D eigenvalue weighted by Gasteiger charge is 2.07. The SMILES string of the molecule is Cc1ccc2c(c1)N=C(I)CN2. The van der Waals surface area contributed by atoms with Gasteiger partial charge in [-0.3, -0.25) is 0 Å². The summed E-state index contributed by atoms with van der Waals surface area (Å²) in [6.07, 6.45) is 0. The molecule has 1 N–H and O–H groups in total. The van der Waals surface area contributed by atoms with E-state index in [0.29, 0.717) is 0 Å². The summed E-state index contributed by atoms with van der Waals surface area (Å²) in [5.74, 6) is 0. The molecule has 2 rings (SSSR count). The van der Waals surface area contributed by atoms with Crippen molar-refractivity contribution in [1.29, 1.82) is 0 Å². The Bertz CT molecular complexity index is 344. The molecule has 12 heavy (non-hydrogen) atoms. The summed E-state index contributed by atoms with van der Waals surface area (Å²) in [5.41, 5.74) is 3.46. The Balaban J connectivity index is 2.53. The van der Waals surface area contributed by atoms with Gasteiger partial charge in [-0.1, -0.05) is 6.07 Å².